The molecule has 0 aliphatic carbocycles. The Bertz CT molecular complexity index is 971. The van der Waals surface area contributed by atoms with Gasteiger partial charge in [0.25, 0.3) is 0 Å². The lowest BCUT2D eigenvalue weighted by Gasteiger charge is -2.25. The van der Waals surface area contributed by atoms with Crippen LogP contribution in [0.5, 0.6) is 0 Å². The van der Waals surface area contributed by atoms with E-state index in [-0.39, 0.29) is 6.03 Å². The number of fused-ring (bicyclic) bond motifs is 1. The Morgan fingerprint density at radius 1 is 0.931 bits per heavy atom. The van der Waals surface area contributed by atoms with Crippen molar-refractivity contribution in [2.45, 2.75) is 25.8 Å². The van der Waals surface area contributed by atoms with Crippen LogP contribution in [0, 0.1) is 0 Å². The van der Waals surface area contributed by atoms with Gasteiger partial charge in [-0.3, -0.25) is 4.90 Å². The van der Waals surface area contributed by atoms with Gasteiger partial charge in [-0.15, -0.1) is 0 Å². The molecule has 0 unspecified atom stereocenters. The normalized spacial score (nSPS) is 13.3. The van der Waals surface area contributed by atoms with E-state index in [1.807, 2.05) is 41.3 Å². The average Bonchev–Trinajstić information content (AvgIpc) is 3.00. The molecule has 0 atom stereocenters. The zero-order valence-corrected chi connectivity index (χ0v) is 16.8. The predicted octanol–water partition coefficient (Wildman–Crippen LogP) is 5.51. The van der Waals surface area contributed by atoms with Gasteiger partial charge in [0.2, 0.25) is 0 Å². The number of benzene rings is 3. The number of carbonyl (C=O) groups excluding carboxylic acids is 1. The van der Waals surface area contributed by atoms with Gasteiger partial charge in [0, 0.05) is 37.2 Å². The molecule has 1 N–H and O–H groups in total. The minimum atomic E-state index is -0.0310. The van der Waals surface area contributed by atoms with E-state index in [9.17, 15) is 4.79 Å². The van der Waals surface area contributed by atoms with E-state index in [0.717, 1.165) is 48.4 Å². The highest BCUT2D eigenvalue weighted by atomic mass is 16.2. The lowest BCUT2D eigenvalue weighted by molar-refractivity contribution is 0.246. The predicted molar refractivity (Wildman–Crippen MR) is 120 cm³/mol. The molecular formula is C25H27N3O. The van der Waals surface area contributed by atoms with Crippen molar-refractivity contribution in [2.24, 2.45) is 0 Å². The number of hydrogen-bond acceptors (Lipinski definition) is 2. The van der Waals surface area contributed by atoms with Crippen molar-refractivity contribution in [3.63, 3.8) is 0 Å². The molecule has 2 amide bonds. The van der Waals surface area contributed by atoms with Crippen LogP contribution in [0.4, 0.5) is 21.9 Å². The van der Waals surface area contributed by atoms with Crippen molar-refractivity contribution in [2.75, 3.05) is 23.4 Å². The summed E-state index contributed by atoms with van der Waals surface area (Å²) >= 11 is 0. The van der Waals surface area contributed by atoms with Crippen molar-refractivity contribution in [3.8, 4) is 0 Å². The molecule has 0 fully saturated rings. The molecule has 4 rings (SSSR count). The number of rotatable bonds is 4. The summed E-state index contributed by atoms with van der Waals surface area (Å²) in [6, 6.07) is 26.7. The van der Waals surface area contributed by atoms with Crippen molar-refractivity contribution in [1.82, 2.24) is 5.32 Å². The Morgan fingerprint density at radius 3 is 2.52 bits per heavy atom. The first-order valence-electron chi connectivity index (χ1n) is 10.2. The summed E-state index contributed by atoms with van der Waals surface area (Å²) < 4.78 is 0. The fourth-order valence-electron chi connectivity index (χ4n) is 3.95. The summed E-state index contributed by atoms with van der Waals surface area (Å²) in [6.07, 6.45) is 3.17. The first-order valence-corrected chi connectivity index (χ1v) is 10.2. The van der Waals surface area contributed by atoms with Crippen molar-refractivity contribution in [3.05, 3.63) is 90.0 Å². The number of para-hydroxylation sites is 3. The summed E-state index contributed by atoms with van der Waals surface area (Å²) in [5, 5.41) is 3.14. The third-order valence-corrected chi connectivity index (χ3v) is 5.53. The summed E-state index contributed by atoms with van der Waals surface area (Å²) in [4.78, 5) is 17.1. The van der Waals surface area contributed by atoms with Crippen LogP contribution in [0.2, 0.25) is 0 Å². The highest BCUT2D eigenvalue weighted by molar-refractivity contribution is 5.93. The van der Waals surface area contributed by atoms with Crippen LogP contribution in [-0.2, 0) is 13.0 Å². The van der Waals surface area contributed by atoms with Gasteiger partial charge >= 0.3 is 6.03 Å². The second kappa shape index (κ2) is 8.82. The summed E-state index contributed by atoms with van der Waals surface area (Å²) in [6.45, 7) is 1.25. The quantitative estimate of drug-likeness (QED) is 0.643. The van der Waals surface area contributed by atoms with E-state index in [2.05, 4.69) is 59.7 Å². The maximum absolute atomic E-state index is 13.0. The fraction of sp³-hybridized carbons (Fsp3) is 0.240. The molecule has 1 aliphatic heterocycles. The van der Waals surface area contributed by atoms with Crippen LogP contribution in [-0.4, -0.2) is 19.6 Å². The highest BCUT2D eigenvalue weighted by Gasteiger charge is 2.21. The molecule has 148 valence electrons. The van der Waals surface area contributed by atoms with E-state index >= 15 is 0 Å². The number of nitrogens with one attached hydrogen (secondary N) is 1. The number of anilines is 3. The van der Waals surface area contributed by atoms with E-state index in [4.69, 9.17) is 0 Å². The lowest BCUT2D eigenvalue weighted by Crippen LogP contribution is -2.40. The van der Waals surface area contributed by atoms with Gasteiger partial charge in [-0.2, -0.15) is 0 Å². The van der Waals surface area contributed by atoms with Gasteiger partial charge in [-0.1, -0.05) is 54.6 Å². The molecule has 1 heterocycles. The molecule has 3 aromatic rings. The standard InChI is InChI=1S/C25H27N3O/c1-27(22-14-3-2-4-15-22)23-16-7-6-13-21(23)19-26-25(29)28-18-10-9-12-20-11-5-8-17-24(20)28/h2-8,11,13-17H,9-10,12,18-19H2,1H3,(H,26,29). The Labute approximate surface area is 172 Å². The number of carbonyl (C=O) groups is 1. The maximum Gasteiger partial charge on any atom is 0.322 e. The number of aryl methyl sites for hydroxylation is 1. The average molecular weight is 386 g/mol. The molecule has 4 heteroatoms. The van der Waals surface area contributed by atoms with Crippen LogP contribution in [0.25, 0.3) is 0 Å². The molecule has 0 saturated carbocycles. The molecule has 3 aromatic carbocycles. The Morgan fingerprint density at radius 2 is 1.66 bits per heavy atom. The second-order valence-electron chi connectivity index (χ2n) is 7.42. The molecule has 0 aromatic heterocycles. The zero-order valence-electron chi connectivity index (χ0n) is 16.8. The summed E-state index contributed by atoms with van der Waals surface area (Å²) in [5.41, 5.74) is 5.60. The third kappa shape index (κ3) is 4.27. The Kier molecular flexibility index (Phi) is 5.80. The zero-order chi connectivity index (χ0) is 20.1. The number of amides is 2. The lowest BCUT2D eigenvalue weighted by atomic mass is 10.1. The van der Waals surface area contributed by atoms with E-state index in [1.54, 1.807) is 0 Å². The van der Waals surface area contributed by atoms with E-state index < -0.39 is 0 Å². The van der Waals surface area contributed by atoms with Crippen LogP contribution >= 0.6 is 0 Å². The van der Waals surface area contributed by atoms with E-state index in [0.29, 0.717) is 6.54 Å². The van der Waals surface area contributed by atoms with Crippen LogP contribution in [0.1, 0.15) is 24.0 Å². The summed E-state index contributed by atoms with van der Waals surface area (Å²) in [5.74, 6) is 0. The second-order valence-corrected chi connectivity index (χ2v) is 7.42. The summed E-state index contributed by atoms with van der Waals surface area (Å²) in [7, 11) is 2.06. The number of hydrogen-bond donors (Lipinski definition) is 1. The third-order valence-electron chi connectivity index (χ3n) is 5.53. The van der Waals surface area contributed by atoms with Gasteiger partial charge in [-0.05, 0) is 54.7 Å². The molecule has 4 nitrogen and oxygen atoms in total. The first kappa shape index (κ1) is 19.1. The van der Waals surface area contributed by atoms with Crippen LogP contribution < -0.4 is 15.1 Å². The molecule has 0 bridgehead atoms. The van der Waals surface area contributed by atoms with Gasteiger partial charge < -0.3 is 10.2 Å². The maximum atomic E-state index is 13.0. The van der Waals surface area contributed by atoms with Crippen molar-refractivity contribution < 1.29 is 4.79 Å². The van der Waals surface area contributed by atoms with Crippen LogP contribution in [0.15, 0.2) is 78.9 Å². The molecule has 0 saturated heterocycles. The van der Waals surface area contributed by atoms with Crippen molar-refractivity contribution >= 4 is 23.1 Å². The minimum absolute atomic E-state index is 0.0310. The monoisotopic (exact) mass is 385 g/mol. The minimum Gasteiger partial charge on any atom is -0.344 e. The SMILES string of the molecule is CN(c1ccccc1)c1ccccc1CNC(=O)N1CCCCc2ccccc21. The largest absolute Gasteiger partial charge is 0.344 e. The van der Waals surface area contributed by atoms with Gasteiger partial charge in [0.15, 0.2) is 0 Å². The van der Waals surface area contributed by atoms with Crippen LogP contribution in [0.3, 0.4) is 0 Å². The number of nitrogens with zero attached hydrogens (tertiary/aromatic N) is 2. The highest BCUT2D eigenvalue weighted by Crippen LogP contribution is 2.28. The molecule has 1 aliphatic rings. The van der Waals surface area contributed by atoms with Crippen molar-refractivity contribution in [1.29, 1.82) is 0 Å². The fourth-order valence-corrected chi connectivity index (χ4v) is 3.95. The Balaban J connectivity index is 1.51. The molecule has 0 radical (unpaired) electrons. The molecule has 29 heavy (non-hydrogen) atoms. The Hall–Kier alpha value is -3.27. The molecule has 0 spiro atoms. The smallest absolute Gasteiger partial charge is 0.322 e. The van der Waals surface area contributed by atoms with Gasteiger partial charge in [-0.25, -0.2) is 4.79 Å². The van der Waals surface area contributed by atoms with E-state index in [1.165, 1.54) is 5.56 Å². The van der Waals surface area contributed by atoms with Gasteiger partial charge in [0.1, 0.15) is 0 Å². The topological polar surface area (TPSA) is 35.6 Å². The van der Waals surface area contributed by atoms with Gasteiger partial charge in [0.05, 0.1) is 0 Å². The molecular weight excluding hydrogens is 358 g/mol. The first-order chi connectivity index (χ1) is 14.2. The number of urea groups is 1.